The third-order valence-electron chi connectivity index (χ3n) is 5.30. The van der Waals surface area contributed by atoms with Gasteiger partial charge in [0.05, 0.1) is 16.7 Å². The molecule has 5 nitrogen and oxygen atoms in total. The SMILES string of the molecule is NC(=O)c1cccc(CN(CCc2nccs2)C2CCCc3cccnc32)c1. The number of nitrogens with two attached hydrogens (primary N) is 1. The Bertz CT molecular complexity index is 941. The van der Waals surface area contributed by atoms with Crippen LogP contribution < -0.4 is 5.73 Å². The summed E-state index contributed by atoms with van der Waals surface area (Å²) in [6.07, 6.45) is 8.01. The molecule has 0 bridgehead atoms. The van der Waals surface area contributed by atoms with Crippen molar-refractivity contribution in [2.45, 2.75) is 38.3 Å². The molecule has 2 aromatic heterocycles. The van der Waals surface area contributed by atoms with Gasteiger partial charge in [0.15, 0.2) is 0 Å². The van der Waals surface area contributed by atoms with Crippen LogP contribution in [0.1, 0.15) is 51.1 Å². The van der Waals surface area contributed by atoms with E-state index in [1.165, 1.54) is 17.7 Å². The number of hydrogen-bond donors (Lipinski definition) is 1. The second kappa shape index (κ2) is 8.63. The number of aromatic nitrogens is 2. The average Bonchev–Trinajstić information content (AvgIpc) is 3.24. The van der Waals surface area contributed by atoms with Crippen LogP contribution in [0.5, 0.6) is 0 Å². The number of pyridine rings is 1. The monoisotopic (exact) mass is 392 g/mol. The Morgan fingerprint density at radius 1 is 1.21 bits per heavy atom. The molecule has 28 heavy (non-hydrogen) atoms. The number of primary amides is 1. The van der Waals surface area contributed by atoms with Crippen LogP contribution in [0.2, 0.25) is 0 Å². The van der Waals surface area contributed by atoms with Crippen LogP contribution in [0.3, 0.4) is 0 Å². The number of fused-ring (bicyclic) bond motifs is 1. The predicted molar refractivity (Wildman–Crippen MR) is 111 cm³/mol. The van der Waals surface area contributed by atoms with Crippen molar-refractivity contribution in [1.29, 1.82) is 0 Å². The lowest BCUT2D eigenvalue weighted by atomic mass is 9.90. The van der Waals surface area contributed by atoms with Gasteiger partial charge in [-0.05, 0) is 48.6 Å². The maximum atomic E-state index is 11.6. The van der Waals surface area contributed by atoms with Gasteiger partial charge in [-0.3, -0.25) is 14.7 Å². The first-order chi connectivity index (χ1) is 13.7. The highest BCUT2D eigenvalue weighted by Crippen LogP contribution is 2.34. The molecule has 2 heterocycles. The largest absolute Gasteiger partial charge is 0.366 e. The van der Waals surface area contributed by atoms with Crippen LogP contribution in [0.4, 0.5) is 0 Å². The first kappa shape index (κ1) is 18.8. The Balaban J connectivity index is 1.61. The van der Waals surface area contributed by atoms with E-state index >= 15 is 0 Å². The van der Waals surface area contributed by atoms with E-state index < -0.39 is 0 Å². The molecule has 4 rings (SSSR count). The second-order valence-corrected chi connectivity index (χ2v) is 8.15. The summed E-state index contributed by atoms with van der Waals surface area (Å²) in [7, 11) is 0. The zero-order valence-corrected chi connectivity index (χ0v) is 16.6. The highest BCUT2D eigenvalue weighted by molar-refractivity contribution is 7.09. The zero-order valence-electron chi connectivity index (χ0n) is 15.8. The lowest BCUT2D eigenvalue weighted by Crippen LogP contribution is -2.33. The molecule has 0 fully saturated rings. The van der Waals surface area contributed by atoms with Gasteiger partial charge in [0.2, 0.25) is 5.91 Å². The van der Waals surface area contributed by atoms with E-state index in [0.717, 1.165) is 42.9 Å². The van der Waals surface area contributed by atoms with Gasteiger partial charge in [0.25, 0.3) is 0 Å². The molecular formula is C22H24N4OS. The van der Waals surface area contributed by atoms with Crippen LogP contribution in [0.15, 0.2) is 54.2 Å². The molecule has 0 saturated carbocycles. The third kappa shape index (κ3) is 4.29. The van der Waals surface area contributed by atoms with E-state index in [-0.39, 0.29) is 11.9 Å². The summed E-state index contributed by atoms with van der Waals surface area (Å²) >= 11 is 1.70. The minimum atomic E-state index is -0.388. The number of rotatable bonds is 7. The van der Waals surface area contributed by atoms with Crippen LogP contribution in [0.25, 0.3) is 0 Å². The minimum Gasteiger partial charge on any atom is -0.366 e. The maximum absolute atomic E-state index is 11.6. The molecule has 0 aliphatic heterocycles. The quantitative estimate of drug-likeness (QED) is 0.664. The highest BCUT2D eigenvalue weighted by atomic mass is 32.1. The molecule has 1 aromatic carbocycles. The first-order valence-electron chi connectivity index (χ1n) is 9.65. The molecule has 2 N–H and O–H groups in total. The van der Waals surface area contributed by atoms with Crippen LogP contribution in [-0.2, 0) is 19.4 Å². The van der Waals surface area contributed by atoms with Crippen molar-refractivity contribution >= 4 is 17.2 Å². The van der Waals surface area contributed by atoms with E-state index in [2.05, 4.69) is 22.0 Å². The van der Waals surface area contributed by atoms with Crippen molar-refractivity contribution in [3.05, 3.63) is 81.6 Å². The number of amides is 1. The Kier molecular flexibility index (Phi) is 5.78. The van der Waals surface area contributed by atoms with Crippen LogP contribution >= 0.6 is 11.3 Å². The summed E-state index contributed by atoms with van der Waals surface area (Å²) in [6.45, 7) is 1.65. The molecule has 144 valence electrons. The number of hydrogen-bond acceptors (Lipinski definition) is 5. The van der Waals surface area contributed by atoms with Crippen LogP contribution in [0, 0.1) is 0 Å². The van der Waals surface area contributed by atoms with Crippen molar-refractivity contribution in [3.63, 3.8) is 0 Å². The number of benzene rings is 1. The number of carbonyl (C=O) groups excluding carboxylic acids is 1. The maximum Gasteiger partial charge on any atom is 0.248 e. The fraction of sp³-hybridized carbons (Fsp3) is 0.318. The van der Waals surface area contributed by atoms with Gasteiger partial charge in [-0.25, -0.2) is 4.98 Å². The lowest BCUT2D eigenvalue weighted by Gasteiger charge is -2.35. The molecule has 0 spiro atoms. The third-order valence-corrected chi connectivity index (χ3v) is 6.14. The summed E-state index contributed by atoms with van der Waals surface area (Å²) in [5, 5.41) is 3.17. The summed E-state index contributed by atoms with van der Waals surface area (Å²) in [5.74, 6) is -0.388. The van der Waals surface area contributed by atoms with Gasteiger partial charge in [0, 0.05) is 42.8 Å². The molecule has 3 aromatic rings. The summed E-state index contributed by atoms with van der Waals surface area (Å²) in [5.41, 5.74) is 9.67. The topological polar surface area (TPSA) is 72.1 Å². The van der Waals surface area contributed by atoms with Crippen molar-refractivity contribution < 1.29 is 4.79 Å². The van der Waals surface area contributed by atoms with E-state index in [0.29, 0.717) is 5.56 Å². The van der Waals surface area contributed by atoms with E-state index in [9.17, 15) is 4.79 Å². The Morgan fingerprint density at radius 3 is 2.96 bits per heavy atom. The fourth-order valence-electron chi connectivity index (χ4n) is 3.96. The Labute approximate surface area is 169 Å². The smallest absolute Gasteiger partial charge is 0.248 e. The van der Waals surface area contributed by atoms with Crippen molar-refractivity contribution in [1.82, 2.24) is 14.9 Å². The lowest BCUT2D eigenvalue weighted by molar-refractivity contribution is 0.1000. The van der Waals surface area contributed by atoms with Gasteiger partial charge in [-0.2, -0.15) is 0 Å². The standard InChI is InChI=1S/C22H24N4OS/c23-22(27)18-6-1-4-16(14-18)15-26(12-9-20-24-11-13-28-20)19-8-2-5-17-7-3-10-25-21(17)19/h1,3-4,6-7,10-11,13-14,19H,2,5,8-9,12,15H2,(H2,23,27). The van der Waals surface area contributed by atoms with Gasteiger partial charge >= 0.3 is 0 Å². The molecule has 0 radical (unpaired) electrons. The number of nitrogens with zero attached hydrogens (tertiary/aromatic N) is 3. The van der Waals surface area contributed by atoms with Crippen LogP contribution in [-0.4, -0.2) is 27.3 Å². The molecule has 1 unspecified atom stereocenters. The molecule has 0 saturated heterocycles. The molecule has 1 aliphatic rings. The minimum absolute atomic E-state index is 0.280. The number of aryl methyl sites for hydroxylation is 1. The fourth-order valence-corrected chi connectivity index (χ4v) is 4.57. The van der Waals surface area contributed by atoms with Gasteiger partial charge in [0.1, 0.15) is 0 Å². The van der Waals surface area contributed by atoms with Gasteiger partial charge in [-0.1, -0.05) is 18.2 Å². The number of carbonyl (C=O) groups is 1. The van der Waals surface area contributed by atoms with Gasteiger partial charge in [-0.15, -0.1) is 11.3 Å². The normalized spacial score (nSPS) is 16.1. The van der Waals surface area contributed by atoms with Crippen molar-refractivity contribution in [2.24, 2.45) is 5.73 Å². The average molecular weight is 393 g/mol. The molecule has 6 heteroatoms. The Morgan fingerprint density at radius 2 is 2.14 bits per heavy atom. The summed E-state index contributed by atoms with van der Waals surface area (Å²) < 4.78 is 0. The Hall–Kier alpha value is -2.57. The molecular weight excluding hydrogens is 368 g/mol. The number of thiazole rings is 1. The summed E-state index contributed by atoms with van der Waals surface area (Å²) in [6, 6.07) is 12.1. The molecule has 1 atom stereocenters. The van der Waals surface area contributed by atoms with E-state index in [4.69, 9.17) is 10.7 Å². The highest BCUT2D eigenvalue weighted by Gasteiger charge is 2.27. The van der Waals surface area contributed by atoms with Gasteiger partial charge < -0.3 is 5.73 Å². The second-order valence-electron chi connectivity index (χ2n) is 7.17. The molecule has 1 amide bonds. The zero-order chi connectivity index (χ0) is 19.3. The van der Waals surface area contributed by atoms with E-state index in [1.807, 2.05) is 36.0 Å². The predicted octanol–water partition coefficient (Wildman–Crippen LogP) is 3.76. The van der Waals surface area contributed by atoms with Crippen molar-refractivity contribution in [2.75, 3.05) is 6.54 Å². The molecule has 1 aliphatic carbocycles. The summed E-state index contributed by atoms with van der Waals surface area (Å²) in [4.78, 5) is 23.2. The van der Waals surface area contributed by atoms with E-state index in [1.54, 1.807) is 17.4 Å². The first-order valence-corrected chi connectivity index (χ1v) is 10.5. The van der Waals surface area contributed by atoms with Crippen molar-refractivity contribution in [3.8, 4) is 0 Å².